The van der Waals surface area contributed by atoms with Gasteiger partial charge in [0.05, 0.1) is 0 Å². The standard InChI is InChI=1S/C46H31N3O2/c1-46(2)35-15-7-5-12-30(35)34-24-27(19-22-36(34)46)43-47-44(49-45(48-43)33-14-9-17-38-42(33)31-13-6-8-16-37(31)50-38)28-18-21-32-40(25-28)51-39-23-20-26-10-3-4-11-29(26)41(32)39/h3-8,10-16,18-25H,9,17H2,1-2H3. The minimum atomic E-state index is -0.0845. The van der Waals surface area contributed by atoms with Crippen molar-refractivity contribution in [3.8, 4) is 33.9 Å². The summed E-state index contributed by atoms with van der Waals surface area (Å²) in [6.45, 7) is 4.60. The molecule has 0 bridgehead atoms. The second-order valence-electron chi connectivity index (χ2n) is 14.3. The molecular formula is C46H31N3O2. The molecular weight excluding hydrogens is 627 g/mol. The Bertz CT molecular complexity index is 2960. The van der Waals surface area contributed by atoms with Crippen LogP contribution in [0.2, 0.25) is 0 Å². The van der Waals surface area contributed by atoms with Crippen molar-refractivity contribution < 1.29 is 8.83 Å². The van der Waals surface area contributed by atoms with Gasteiger partial charge in [-0.15, -0.1) is 0 Å². The number of furan rings is 2. The van der Waals surface area contributed by atoms with E-state index in [0.29, 0.717) is 17.5 Å². The van der Waals surface area contributed by atoms with Gasteiger partial charge in [-0.2, -0.15) is 0 Å². The Morgan fingerprint density at radius 3 is 2.18 bits per heavy atom. The zero-order valence-corrected chi connectivity index (χ0v) is 28.2. The molecule has 0 amide bonds. The smallest absolute Gasteiger partial charge is 0.164 e. The molecule has 5 heteroatoms. The Kier molecular flexibility index (Phi) is 5.78. The number of benzene rings is 6. The summed E-state index contributed by atoms with van der Waals surface area (Å²) in [6, 6.07) is 42.6. The molecule has 0 spiro atoms. The van der Waals surface area contributed by atoms with E-state index in [1.807, 2.05) is 12.1 Å². The lowest BCUT2D eigenvalue weighted by molar-refractivity contribution is 0.545. The molecule has 0 fully saturated rings. The fourth-order valence-corrected chi connectivity index (χ4v) is 8.52. The van der Waals surface area contributed by atoms with E-state index >= 15 is 0 Å². The SMILES string of the molecule is CC1(C)c2ccccc2-c2cc(-c3nc(C4=CCCc5oc6ccccc6c54)nc(-c4ccc5c(c4)oc4ccc6ccccc6c45)n3)ccc21. The van der Waals surface area contributed by atoms with Crippen molar-refractivity contribution in [2.75, 3.05) is 0 Å². The van der Waals surface area contributed by atoms with E-state index in [9.17, 15) is 0 Å². The third-order valence-electron chi connectivity index (χ3n) is 11.0. The summed E-state index contributed by atoms with van der Waals surface area (Å²) < 4.78 is 12.8. The van der Waals surface area contributed by atoms with Gasteiger partial charge in [-0.1, -0.05) is 111 Å². The first kappa shape index (κ1) is 28.5. The number of hydrogen-bond acceptors (Lipinski definition) is 5. The summed E-state index contributed by atoms with van der Waals surface area (Å²) in [5.41, 5.74) is 11.5. The molecule has 0 N–H and O–H groups in total. The maximum atomic E-state index is 6.48. The first-order valence-corrected chi connectivity index (χ1v) is 17.6. The van der Waals surface area contributed by atoms with Crippen molar-refractivity contribution in [3.05, 3.63) is 156 Å². The van der Waals surface area contributed by atoms with Crippen molar-refractivity contribution in [1.82, 2.24) is 15.0 Å². The minimum absolute atomic E-state index is 0.0845. The molecule has 0 unspecified atom stereocenters. The molecule has 11 rings (SSSR count). The van der Waals surface area contributed by atoms with Gasteiger partial charge in [0.25, 0.3) is 0 Å². The Labute approximate surface area is 293 Å². The number of rotatable bonds is 3. The lowest BCUT2D eigenvalue weighted by Gasteiger charge is -2.21. The van der Waals surface area contributed by atoms with Gasteiger partial charge in [0.1, 0.15) is 22.5 Å². The first-order chi connectivity index (χ1) is 25.0. The van der Waals surface area contributed by atoms with Gasteiger partial charge in [0.2, 0.25) is 0 Å². The van der Waals surface area contributed by atoms with Crippen LogP contribution in [0.4, 0.5) is 0 Å². The molecule has 2 aliphatic rings. The monoisotopic (exact) mass is 657 g/mol. The van der Waals surface area contributed by atoms with Crippen LogP contribution in [0, 0.1) is 0 Å². The van der Waals surface area contributed by atoms with Crippen LogP contribution in [0.15, 0.2) is 136 Å². The number of hydrogen-bond donors (Lipinski definition) is 0. The maximum absolute atomic E-state index is 6.48. The van der Waals surface area contributed by atoms with Gasteiger partial charge in [0.15, 0.2) is 17.5 Å². The average molecular weight is 658 g/mol. The second-order valence-corrected chi connectivity index (χ2v) is 14.3. The predicted octanol–water partition coefficient (Wildman–Crippen LogP) is 11.7. The molecule has 0 atom stereocenters. The molecule has 9 aromatic rings. The fourth-order valence-electron chi connectivity index (χ4n) is 8.52. The molecule has 242 valence electrons. The van der Waals surface area contributed by atoms with Crippen LogP contribution in [0.25, 0.3) is 83.2 Å². The summed E-state index contributed by atoms with van der Waals surface area (Å²) in [4.78, 5) is 15.6. The Hall–Kier alpha value is -6.33. The van der Waals surface area contributed by atoms with E-state index in [1.54, 1.807) is 0 Å². The quantitative estimate of drug-likeness (QED) is 0.189. The Balaban J connectivity index is 1.13. The van der Waals surface area contributed by atoms with Gasteiger partial charge < -0.3 is 8.83 Å². The highest BCUT2D eigenvalue weighted by Gasteiger charge is 2.35. The lowest BCUT2D eigenvalue weighted by Crippen LogP contribution is -2.14. The molecule has 3 heterocycles. The summed E-state index contributed by atoms with van der Waals surface area (Å²) in [5, 5.41) is 5.65. The minimum Gasteiger partial charge on any atom is -0.460 e. The fraction of sp³-hybridized carbons (Fsp3) is 0.109. The van der Waals surface area contributed by atoms with Crippen molar-refractivity contribution in [2.24, 2.45) is 0 Å². The number of aryl methyl sites for hydroxylation is 1. The number of allylic oxidation sites excluding steroid dienone is 1. The molecule has 6 aromatic carbocycles. The maximum Gasteiger partial charge on any atom is 0.164 e. The molecule has 0 aliphatic heterocycles. The highest BCUT2D eigenvalue weighted by atomic mass is 16.3. The van der Waals surface area contributed by atoms with Crippen LogP contribution in [0.1, 0.15) is 48.5 Å². The summed E-state index contributed by atoms with van der Waals surface area (Å²) in [6.07, 6.45) is 3.94. The van der Waals surface area contributed by atoms with Crippen LogP contribution >= 0.6 is 0 Å². The van der Waals surface area contributed by atoms with Crippen molar-refractivity contribution in [2.45, 2.75) is 32.1 Å². The van der Waals surface area contributed by atoms with Crippen molar-refractivity contribution in [1.29, 1.82) is 0 Å². The molecule has 5 nitrogen and oxygen atoms in total. The third kappa shape index (κ3) is 4.12. The van der Waals surface area contributed by atoms with Crippen LogP contribution in [0.5, 0.6) is 0 Å². The van der Waals surface area contributed by atoms with Crippen molar-refractivity contribution >= 4 is 49.3 Å². The van der Waals surface area contributed by atoms with Crippen LogP contribution in [0.3, 0.4) is 0 Å². The first-order valence-electron chi connectivity index (χ1n) is 17.6. The van der Waals surface area contributed by atoms with Crippen LogP contribution in [-0.2, 0) is 11.8 Å². The van der Waals surface area contributed by atoms with E-state index in [4.69, 9.17) is 23.8 Å². The van der Waals surface area contributed by atoms with E-state index in [0.717, 1.165) is 73.8 Å². The van der Waals surface area contributed by atoms with E-state index < -0.39 is 0 Å². The Morgan fingerprint density at radius 2 is 1.27 bits per heavy atom. The average Bonchev–Trinajstić information content (AvgIpc) is 3.82. The number of aromatic nitrogens is 3. The highest BCUT2D eigenvalue weighted by molar-refractivity contribution is 6.19. The number of fused-ring (bicyclic) bond motifs is 11. The predicted molar refractivity (Wildman–Crippen MR) is 205 cm³/mol. The molecule has 0 saturated heterocycles. The Morgan fingerprint density at radius 1 is 0.549 bits per heavy atom. The van der Waals surface area contributed by atoms with Gasteiger partial charge >= 0.3 is 0 Å². The summed E-state index contributed by atoms with van der Waals surface area (Å²) in [7, 11) is 0. The van der Waals surface area contributed by atoms with Crippen LogP contribution < -0.4 is 0 Å². The van der Waals surface area contributed by atoms with E-state index in [-0.39, 0.29) is 5.41 Å². The largest absolute Gasteiger partial charge is 0.460 e. The van der Waals surface area contributed by atoms with Gasteiger partial charge in [-0.3, -0.25) is 0 Å². The lowest BCUT2D eigenvalue weighted by atomic mass is 9.82. The normalized spacial score (nSPS) is 14.6. The van der Waals surface area contributed by atoms with Gasteiger partial charge in [-0.25, -0.2) is 15.0 Å². The molecule has 0 radical (unpaired) electrons. The van der Waals surface area contributed by atoms with Crippen LogP contribution in [-0.4, -0.2) is 15.0 Å². The zero-order valence-electron chi connectivity index (χ0n) is 28.2. The van der Waals surface area contributed by atoms with E-state index in [2.05, 4.69) is 129 Å². The van der Waals surface area contributed by atoms with E-state index in [1.165, 1.54) is 33.0 Å². The number of para-hydroxylation sites is 1. The number of nitrogens with zero attached hydrogens (tertiary/aromatic N) is 3. The summed E-state index contributed by atoms with van der Waals surface area (Å²) in [5.74, 6) is 2.85. The zero-order chi connectivity index (χ0) is 33.8. The molecule has 3 aromatic heterocycles. The topological polar surface area (TPSA) is 65.0 Å². The molecule has 2 aliphatic carbocycles. The second kappa shape index (κ2) is 10.3. The highest BCUT2D eigenvalue weighted by Crippen LogP contribution is 2.49. The molecule has 51 heavy (non-hydrogen) atoms. The molecule has 0 saturated carbocycles. The third-order valence-corrected chi connectivity index (χ3v) is 11.0. The van der Waals surface area contributed by atoms with Gasteiger partial charge in [0, 0.05) is 50.3 Å². The summed E-state index contributed by atoms with van der Waals surface area (Å²) >= 11 is 0. The van der Waals surface area contributed by atoms with Gasteiger partial charge in [-0.05, 0) is 69.8 Å². The van der Waals surface area contributed by atoms with Crippen molar-refractivity contribution in [3.63, 3.8) is 0 Å².